The maximum Gasteiger partial charge on any atom is 0.407 e. The number of alkyl halides is 6. The summed E-state index contributed by atoms with van der Waals surface area (Å²) < 4.78 is 91.4. The number of fused-ring (bicyclic) bond motifs is 10. The van der Waals surface area contributed by atoms with E-state index in [4.69, 9.17) is 22.6 Å². The van der Waals surface area contributed by atoms with Gasteiger partial charge in [-0.1, -0.05) is 19.1 Å². The Kier molecular flexibility index (Phi) is 7.72. The van der Waals surface area contributed by atoms with Crippen molar-refractivity contribution < 1.29 is 59.8 Å². The van der Waals surface area contributed by atoms with Crippen LogP contribution in [0.2, 0.25) is 0 Å². The average Bonchev–Trinajstić information content (AvgIpc) is 3.80. The van der Waals surface area contributed by atoms with Crippen LogP contribution in [-0.2, 0) is 45.8 Å². The van der Waals surface area contributed by atoms with Crippen LogP contribution in [0, 0.1) is 42.7 Å². The number of amides is 4. The predicted octanol–water partition coefficient (Wildman–Crippen LogP) is 6.83. The monoisotopic (exact) mass is 756 g/mol. The number of hydrogen-bond acceptors (Lipinski definition) is 7. The molecule has 6 heterocycles. The smallest absolute Gasteiger partial charge is 0.367 e. The van der Waals surface area contributed by atoms with Gasteiger partial charge in [0.25, 0.3) is 0 Å². The van der Waals surface area contributed by atoms with Crippen molar-refractivity contribution in [2.24, 2.45) is 29.6 Å². The Balaban J connectivity index is 0.000000167. The van der Waals surface area contributed by atoms with Crippen molar-refractivity contribution in [1.82, 2.24) is 0 Å². The SMILES string of the molecule is [C-]#[N+]c1ccc(N2C(=O)C3C(C2=O)C2(C)OC3(C)CC2=O)cc1C(F)(F)F.[C-]#[N+]c1ccc(N2C(=O)C3C(C2=O)C2(C)OC3(C)CC2C)cc1C(F)(F)F. The van der Waals surface area contributed by atoms with E-state index in [0.717, 1.165) is 23.1 Å². The number of nitrogens with zero attached hydrogens (tertiary/aromatic N) is 4. The summed E-state index contributed by atoms with van der Waals surface area (Å²) in [5, 5.41) is 0. The summed E-state index contributed by atoms with van der Waals surface area (Å²) in [6, 6.07) is 5.61. The normalized spacial score (nSPS) is 36.3. The van der Waals surface area contributed by atoms with Gasteiger partial charge in [-0.25, -0.2) is 19.5 Å². The van der Waals surface area contributed by atoms with E-state index >= 15 is 0 Å². The van der Waals surface area contributed by atoms with Crippen LogP contribution in [0.5, 0.6) is 0 Å². The second-order valence-electron chi connectivity index (χ2n) is 15.4. The molecule has 54 heavy (non-hydrogen) atoms. The summed E-state index contributed by atoms with van der Waals surface area (Å²) in [5.41, 5.74) is -8.21. The lowest BCUT2D eigenvalue weighted by Gasteiger charge is -2.33. The lowest BCUT2D eigenvalue weighted by Crippen LogP contribution is -2.46. The standard InChI is InChI=1S/C19H17F3N2O3.C18H13F3N2O4/c1-9-8-17(2)13-14(18(9,3)27-17)16(26)24(15(13)25)10-5-6-12(23-4)11(7-10)19(20,21)22;1-16-7-11(24)17(2,27-16)13-12(16)14(25)23(15(13)26)8-4-5-10(22-3)9(6-8)18(19,20)21/h5-7,9,13-14H,8H2,1-3H3;4-6,12-13H,7H2,1-2H3. The van der Waals surface area contributed by atoms with Crippen LogP contribution in [0.4, 0.5) is 49.1 Å². The number of carbonyl (C=O) groups excluding carboxylic acids is 5. The van der Waals surface area contributed by atoms with Gasteiger partial charge in [0.1, 0.15) is 5.60 Å². The van der Waals surface area contributed by atoms with E-state index in [0.29, 0.717) is 23.5 Å². The van der Waals surface area contributed by atoms with Gasteiger partial charge in [0.05, 0.1) is 64.7 Å². The maximum absolute atomic E-state index is 13.3. The largest absolute Gasteiger partial charge is 0.407 e. The van der Waals surface area contributed by atoms with Crippen molar-refractivity contribution in [2.45, 2.75) is 82.2 Å². The van der Waals surface area contributed by atoms with Gasteiger partial charge in [-0.05, 0) is 64.3 Å². The second-order valence-corrected chi connectivity index (χ2v) is 15.4. The van der Waals surface area contributed by atoms with Crippen LogP contribution in [0.15, 0.2) is 36.4 Å². The molecule has 17 heteroatoms. The Labute approximate surface area is 303 Å². The van der Waals surface area contributed by atoms with E-state index in [-0.39, 0.29) is 29.5 Å². The fraction of sp³-hybridized carbons (Fsp3) is 0.486. The van der Waals surface area contributed by atoms with Crippen LogP contribution in [0.1, 0.15) is 58.6 Å². The minimum absolute atomic E-state index is 0.0258. The van der Waals surface area contributed by atoms with E-state index in [2.05, 4.69) is 9.69 Å². The third-order valence-corrected chi connectivity index (χ3v) is 12.1. The maximum atomic E-state index is 13.3. The number of anilines is 2. The molecule has 6 fully saturated rings. The molecule has 2 aromatic rings. The van der Waals surface area contributed by atoms with Gasteiger partial charge in [0.2, 0.25) is 23.6 Å². The molecule has 6 saturated heterocycles. The van der Waals surface area contributed by atoms with E-state index in [1.165, 1.54) is 13.0 Å². The molecule has 4 bridgehead atoms. The Morgan fingerprint density at radius 2 is 1.09 bits per heavy atom. The minimum atomic E-state index is -4.81. The van der Waals surface area contributed by atoms with Crippen LogP contribution in [-0.4, -0.2) is 51.8 Å². The first-order valence-corrected chi connectivity index (χ1v) is 16.7. The molecule has 0 spiro atoms. The van der Waals surface area contributed by atoms with Gasteiger partial charge in [-0.3, -0.25) is 24.0 Å². The van der Waals surface area contributed by atoms with E-state index in [1.807, 2.05) is 6.92 Å². The fourth-order valence-corrected chi connectivity index (χ4v) is 9.68. The fourth-order valence-electron chi connectivity index (χ4n) is 9.68. The number of Topliss-reactive ketones (excluding diaryl/α,β-unsaturated/α-hetero) is 1. The van der Waals surface area contributed by atoms with E-state index in [9.17, 15) is 50.3 Å². The number of ketones is 1. The van der Waals surface area contributed by atoms with Crippen molar-refractivity contribution >= 4 is 52.2 Å². The molecule has 6 aliphatic heterocycles. The van der Waals surface area contributed by atoms with Gasteiger partial charge in [0, 0.05) is 17.8 Å². The zero-order chi connectivity index (χ0) is 39.9. The summed E-state index contributed by atoms with van der Waals surface area (Å²) in [4.78, 5) is 71.5. The molecule has 0 radical (unpaired) electrons. The third-order valence-electron chi connectivity index (χ3n) is 12.1. The highest BCUT2D eigenvalue weighted by molar-refractivity contribution is 6.25. The Morgan fingerprint density at radius 3 is 1.54 bits per heavy atom. The van der Waals surface area contributed by atoms with Crippen molar-refractivity contribution in [3.05, 3.63) is 70.4 Å². The molecule has 0 aliphatic carbocycles. The third kappa shape index (κ3) is 4.83. The lowest BCUT2D eigenvalue weighted by molar-refractivity contribution is -0.140. The van der Waals surface area contributed by atoms with Gasteiger partial charge < -0.3 is 9.47 Å². The first kappa shape index (κ1) is 37.2. The number of carbonyl (C=O) groups is 5. The number of benzene rings is 2. The quantitative estimate of drug-likeness (QED) is 0.187. The molecule has 282 valence electrons. The van der Waals surface area contributed by atoms with Crippen LogP contribution >= 0.6 is 0 Å². The molecular weight excluding hydrogens is 726 g/mol. The van der Waals surface area contributed by atoms with Crippen molar-refractivity contribution in [3.63, 3.8) is 0 Å². The highest BCUT2D eigenvalue weighted by Gasteiger charge is 2.77. The number of halogens is 6. The molecule has 0 aromatic heterocycles. The highest BCUT2D eigenvalue weighted by atomic mass is 19.4. The van der Waals surface area contributed by atoms with E-state index in [1.54, 1.807) is 20.8 Å². The van der Waals surface area contributed by atoms with Crippen molar-refractivity contribution in [1.29, 1.82) is 0 Å². The number of rotatable bonds is 2. The molecule has 8 rings (SSSR count). The summed E-state index contributed by atoms with van der Waals surface area (Å²) in [6.45, 7) is 22.4. The highest BCUT2D eigenvalue weighted by Crippen LogP contribution is 2.63. The van der Waals surface area contributed by atoms with Gasteiger partial charge >= 0.3 is 12.4 Å². The minimum Gasteiger partial charge on any atom is -0.367 e. The second kappa shape index (κ2) is 11.2. The molecule has 0 saturated carbocycles. The number of imide groups is 2. The van der Waals surface area contributed by atoms with Gasteiger partial charge in [-0.15, -0.1) is 0 Å². The van der Waals surface area contributed by atoms with Gasteiger partial charge in [-0.2, -0.15) is 26.3 Å². The lowest BCUT2D eigenvalue weighted by atomic mass is 9.64. The zero-order valence-electron chi connectivity index (χ0n) is 29.2. The first-order valence-electron chi connectivity index (χ1n) is 16.7. The molecule has 6 aliphatic rings. The Bertz CT molecular complexity index is 2190. The molecule has 11 nitrogen and oxygen atoms in total. The zero-order valence-corrected chi connectivity index (χ0v) is 29.2. The van der Waals surface area contributed by atoms with Crippen molar-refractivity contribution in [3.8, 4) is 0 Å². The summed E-state index contributed by atoms with van der Waals surface area (Å²) in [5.74, 6) is -6.17. The Morgan fingerprint density at radius 1 is 0.667 bits per heavy atom. The predicted molar refractivity (Wildman–Crippen MR) is 174 cm³/mol. The molecule has 0 N–H and O–H groups in total. The first-order chi connectivity index (χ1) is 24.9. The van der Waals surface area contributed by atoms with Gasteiger partial charge in [0.15, 0.2) is 17.2 Å². The molecule has 4 amide bonds. The molecule has 2 aromatic carbocycles. The summed E-state index contributed by atoms with van der Waals surface area (Å²) >= 11 is 0. The molecule has 9 unspecified atom stereocenters. The summed E-state index contributed by atoms with van der Waals surface area (Å²) in [6.07, 6.45) is -8.98. The van der Waals surface area contributed by atoms with E-state index < -0.39 is 105 Å². The molecule has 9 atom stereocenters. The van der Waals surface area contributed by atoms with Crippen LogP contribution < -0.4 is 9.80 Å². The van der Waals surface area contributed by atoms with Crippen LogP contribution in [0.3, 0.4) is 0 Å². The van der Waals surface area contributed by atoms with Crippen LogP contribution in [0.25, 0.3) is 9.69 Å². The number of hydrogen-bond donors (Lipinski definition) is 0. The average molecular weight is 757 g/mol. The summed E-state index contributed by atoms with van der Waals surface area (Å²) in [7, 11) is 0. The topological polar surface area (TPSA) is 119 Å². The Hall–Kier alpha value is -5.13. The molecular formula is C37H30F6N4O7. The number of ether oxygens (including phenoxy) is 2. The van der Waals surface area contributed by atoms with Crippen molar-refractivity contribution in [2.75, 3.05) is 9.80 Å².